The summed E-state index contributed by atoms with van der Waals surface area (Å²) in [4.78, 5) is 33.7. The van der Waals surface area contributed by atoms with Gasteiger partial charge in [0, 0.05) is 23.0 Å². The van der Waals surface area contributed by atoms with Gasteiger partial charge in [-0.1, -0.05) is 0 Å². The Morgan fingerprint density at radius 1 is 1.40 bits per heavy atom. The number of nitro groups is 1. The van der Waals surface area contributed by atoms with Gasteiger partial charge in [-0.05, 0) is 48.7 Å². The summed E-state index contributed by atoms with van der Waals surface area (Å²) in [7, 11) is 1.21. The fourth-order valence-electron chi connectivity index (χ4n) is 2.22. The molecule has 1 N–H and O–H groups in total. The van der Waals surface area contributed by atoms with E-state index >= 15 is 0 Å². The van der Waals surface area contributed by atoms with Gasteiger partial charge in [0.15, 0.2) is 0 Å². The van der Waals surface area contributed by atoms with Gasteiger partial charge in [0.1, 0.15) is 5.69 Å². The normalized spacial score (nSPS) is 11.5. The molecular formula is C16H21BrN2O6. The summed E-state index contributed by atoms with van der Waals surface area (Å²) in [6.45, 7) is 3.95. The Labute approximate surface area is 154 Å². The molecule has 1 aromatic carbocycles. The first-order valence-corrected chi connectivity index (χ1v) is 8.57. The molecule has 0 bridgehead atoms. The van der Waals surface area contributed by atoms with Crippen LogP contribution in [-0.2, 0) is 14.3 Å². The predicted octanol–water partition coefficient (Wildman–Crippen LogP) is 3.68. The Bertz CT molecular complexity index is 650. The van der Waals surface area contributed by atoms with Crippen LogP contribution in [0.3, 0.4) is 0 Å². The molecule has 0 fully saturated rings. The minimum atomic E-state index is -0.655. The van der Waals surface area contributed by atoms with Crippen molar-refractivity contribution in [3.8, 4) is 0 Å². The van der Waals surface area contributed by atoms with Gasteiger partial charge in [-0.2, -0.15) is 0 Å². The van der Waals surface area contributed by atoms with Crippen molar-refractivity contribution < 1.29 is 24.0 Å². The topological polar surface area (TPSA) is 108 Å². The number of nitrogens with zero attached hydrogens (tertiary/aromatic N) is 1. The zero-order valence-electron chi connectivity index (χ0n) is 14.3. The van der Waals surface area contributed by atoms with E-state index in [4.69, 9.17) is 4.74 Å². The molecule has 138 valence electrons. The van der Waals surface area contributed by atoms with Crippen LogP contribution in [0.1, 0.15) is 43.5 Å². The second-order valence-corrected chi connectivity index (χ2v) is 6.20. The highest BCUT2D eigenvalue weighted by atomic mass is 79.9. The molecule has 9 heteroatoms. The van der Waals surface area contributed by atoms with E-state index < -0.39 is 10.9 Å². The number of carbonyl (C=O) groups excluding carboxylic acids is 2. The zero-order valence-corrected chi connectivity index (χ0v) is 15.9. The summed E-state index contributed by atoms with van der Waals surface area (Å²) in [6.07, 6.45) is 1.52. The van der Waals surface area contributed by atoms with E-state index in [0.717, 1.165) is 0 Å². The molecule has 0 unspecified atom stereocenters. The van der Waals surface area contributed by atoms with Crippen molar-refractivity contribution in [2.75, 3.05) is 19.0 Å². The highest BCUT2D eigenvalue weighted by Gasteiger charge is 2.22. The Kier molecular flexibility index (Phi) is 8.33. The Balaban J connectivity index is 2.84. The standard InChI is InChI=1S/C16H21BrN2O6/c1-4-25-14(20)7-5-6-10(2)18-15-12(17)8-11(16(21)24-3)9-13(15)19(22)23/h8-10,18H,4-7H2,1-3H3/t10-/m1/s1. The van der Waals surface area contributed by atoms with E-state index in [2.05, 4.69) is 26.0 Å². The first kappa shape index (κ1) is 20.9. The van der Waals surface area contributed by atoms with E-state index in [-0.39, 0.29) is 28.9 Å². The lowest BCUT2D eigenvalue weighted by atomic mass is 10.1. The number of anilines is 1. The number of methoxy groups -OCH3 is 1. The molecule has 1 aromatic rings. The summed E-state index contributed by atoms with van der Waals surface area (Å²) >= 11 is 3.26. The number of carbonyl (C=O) groups is 2. The number of esters is 2. The average molecular weight is 417 g/mol. The summed E-state index contributed by atoms with van der Waals surface area (Å²) < 4.78 is 9.84. The molecule has 1 atom stereocenters. The lowest BCUT2D eigenvalue weighted by Crippen LogP contribution is -2.17. The van der Waals surface area contributed by atoms with Gasteiger partial charge in [-0.15, -0.1) is 0 Å². The highest BCUT2D eigenvalue weighted by Crippen LogP contribution is 2.35. The monoisotopic (exact) mass is 416 g/mol. The van der Waals surface area contributed by atoms with Crippen LogP contribution in [0.2, 0.25) is 0 Å². The van der Waals surface area contributed by atoms with Crippen molar-refractivity contribution >= 4 is 39.2 Å². The van der Waals surface area contributed by atoms with Crippen LogP contribution in [0.15, 0.2) is 16.6 Å². The maximum absolute atomic E-state index is 11.6. The van der Waals surface area contributed by atoms with E-state index in [1.165, 1.54) is 19.2 Å². The number of nitro benzene ring substituents is 1. The first-order chi connectivity index (χ1) is 11.8. The van der Waals surface area contributed by atoms with Crippen LogP contribution in [0.25, 0.3) is 0 Å². The van der Waals surface area contributed by atoms with Crippen LogP contribution < -0.4 is 5.32 Å². The highest BCUT2D eigenvalue weighted by molar-refractivity contribution is 9.10. The van der Waals surface area contributed by atoms with Gasteiger partial charge < -0.3 is 14.8 Å². The first-order valence-electron chi connectivity index (χ1n) is 7.78. The maximum atomic E-state index is 11.6. The number of benzene rings is 1. The van der Waals surface area contributed by atoms with Gasteiger partial charge in [-0.3, -0.25) is 14.9 Å². The minimum absolute atomic E-state index is 0.0848. The van der Waals surface area contributed by atoms with Crippen LogP contribution in [-0.4, -0.2) is 36.6 Å². The number of halogens is 1. The predicted molar refractivity (Wildman–Crippen MR) is 95.7 cm³/mol. The van der Waals surface area contributed by atoms with E-state index in [0.29, 0.717) is 30.3 Å². The van der Waals surface area contributed by atoms with Gasteiger partial charge >= 0.3 is 11.9 Å². The molecule has 0 heterocycles. The fraction of sp³-hybridized carbons (Fsp3) is 0.500. The fourth-order valence-corrected chi connectivity index (χ4v) is 2.78. The number of rotatable bonds is 9. The molecule has 0 aromatic heterocycles. The second-order valence-electron chi connectivity index (χ2n) is 5.34. The van der Waals surface area contributed by atoms with Gasteiger partial charge in [0.05, 0.1) is 24.2 Å². The average Bonchev–Trinajstić information content (AvgIpc) is 2.55. The third-order valence-electron chi connectivity index (χ3n) is 3.40. The zero-order chi connectivity index (χ0) is 19.0. The molecule has 0 spiro atoms. The molecule has 0 aliphatic heterocycles. The third kappa shape index (κ3) is 6.33. The molecule has 0 aliphatic rings. The molecule has 0 radical (unpaired) electrons. The van der Waals surface area contributed by atoms with Crippen molar-refractivity contribution in [1.82, 2.24) is 0 Å². The second kappa shape index (κ2) is 9.97. The van der Waals surface area contributed by atoms with E-state index in [9.17, 15) is 19.7 Å². The number of ether oxygens (including phenoxy) is 2. The molecule has 0 amide bonds. The Morgan fingerprint density at radius 2 is 2.08 bits per heavy atom. The van der Waals surface area contributed by atoms with Gasteiger partial charge in [0.25, 0.3) is 5.69 Å². The van der Waals surface area contributed by atoms with Gasteiger partial charge in [-0.25, -0.2) is 4.79 Å². The van der Waals surface area contributed by atoms with Crippen molar-refractivity contribution in [1.29, 1.82) is 0 Å². The number of hydrogen-bond donors (Lipinski definition) is 1. The molecule has 8 nitrogen and oxygen atoms in total. The molecule has 0 aliphatic carbocycles. The molecular weight excluding hydrogens is 396 g/mol. The largest absolute Gasteiger partial charge is 0.466 e. The van der Waals surface area contributed by atoms with Crippen LogP contribution in [0.5, 0.6) is 0 Å². The minimum Gasteiger partial charge on any atom is -0.466 e. The summed E-state index contributed by atoms with van der Waals surface area (Å²) in [5.74, 6) is -0.915. The number of hydrogen-bond acceptors (Lipinski definition) is 7. The van der Waals surface area contributed by atoms with Crippen LogP contribution in [0.4, 0.5) is 11.4 Å². The van der Waals surface area contributed by atoms with E-state index in [1.54, 1.807) is 6.92 Å². The molecule has 0 saturated carbocycles. The smallest absolute Gasteiger partial charge is 0.338 e. The SMILES string of the molecule is CCOC(=O)CCC[C@@H](C)Nc1c(Br)cc(C(=O)OC)cc1[N+](=O)[O-]. The lowest BCUT2D eigenvalue weighted by molar-refractivity contribution is -0.384. The lowest BCUT2D eigenvalue weighted by Gasteiger charge is -2.17. The summed E-state index contributed by atoms with van der Waals surface area (Å²) in [5.41, 5.74) is 0.134. The molecule has 25 heavy (non-hydrogen) atoms. The number of nitrogens with one attached hydrogen (secondary N) is 1. The molecule has 0 saturated heterocycles. The van der Waals surface area contributed by atoms with Crippen molar-refractivity contribution in [3.05, 3.63) is 32.3 Å². The van der Waals surface area contributed by atoms with Gasteiger partial charge in [0.2, 0.25) is 0 Å². The third-order valence-corrected chi connectivity index (χ3v) is 4.03. The summed E-state index contributed by atoms with van der Waals surface area (Å²) in [5, 5.41) is 14.4. The quantitative estimate of drug-likeness (QED) is 0.371. The maximum Gasteiger partial charge on any atom is 0.338 e. The van der Waals surface area contributed by atoms with E-state index in [1.807, 2.05) is 6.92 Å². The Morgan fingerprint density at radius 3 is 2.64 bits per heavy atom. The summed E-state index contributed by atoms with van der Waals surface area (Å²) in [6, 6.07) is 2.52. The Hall–Kier alpha value is -2.16. The van der Waals surface area contributed by atoms with Crippen LogP contribution in [0, 0.1) is 10.1 Å². The van der Waals surface area contributed by atoms with Crippen molar-refractivity contribution in [2.45, 2.75) is 39.2 Å². The van der Waals surface area contributed by atoms with Crippen LogP contribution >= 0.6 is 15.9 Å². The molecule has 1 rings (SSSR count). The van der Waals surface area contributed by atoms with Crippen molar-refractivity contribution in [2.24, 2.45) is 0 Å². The van der Waals surface area contributed by atoms with Crippen molar-refractivity contribution in [3.63, 3.8) is 0 Å².